The number of carboxylic acids is 1. The van der Waals surface area contributed by atoms with Crippen molar-refractivity contribution in [2.75, 3.05) is 6.54 Å². The molecule has 0 spiro atoms. The van der Waals surface area contributed by atoms with Gasteiger partial charge < -0.3 is 19.7 Å². The van der Waals surface area contributed by atoms with Gasteiger partial charge >= 0.3 is 5.97 Å². The number of furan rings is 1. The molecular formula is C19H20N2O5. The van der Waals surface area contributed by atoms with Crippen LogP contribution in [-0.4, -0.2) is 34.3 Å². The zero-order chi connectivity index (χ0) is 18.7. The van der Waals surface area contributed by atoms with Gasteiger partial charge in [-0.3, -0.25) is 9.59 Å². The van der Waals surface area contributed by atoms with Gasteiger partial charge in [-0.2, -0.15) is 0 Å². The molecule has 136 valence electrons. The van der Waals surface area contributed by atoms with Gasteiger partial charge in [0.2, 0.25) is 17.6 Å². The Morgan fingerprint density at radius 2 is 2.00 bits per heavy atom. The van der Waals surface area contributed by atoms with Gasteiger partial charge in [0.15, 0.2) is 0 Å². The minimum atomic E-state index is -1.16. The lowest BCUT2D eigenvalue weighted by molar-refractivity contribution is -0.130. The number of nitrogens with zero attached hydrogens (tertiary/aromatic N) is 1. The molecule has 0 saturated carbocycles. The number of nitrogens with one attached hydrogen (secondary N) is 1. The van der Waals surface area contributed by atoms with E-state index < -0.39 is 11.9 Å². The first-order valence-electron chi connectivity index (χ1n) is 8.40. The minimum absolute atomic E-state index is 0.0485. The Balaban J connectivity index is 1.57. The smallest absolute Gasteiger partial charge is 0.371 e. The molecule has 2 amide bonds. The highest BCUT2D eigenvalue weighted by Crippen LogP contribution is 2.28. The van der Waals surface area contributed by atoms with Crippen LogP contribution in [-0.2, 0) is 16.1 Å². The maximum atomic E-state index is 12.4. The maximum Gasteiger partial charge on any atom is 0.371 e. The average Bonchev–Trinajstić information content (AvgIpc) is 3.27. The second kappa shape index (κ2) is 7.43. The van der Waals surface area contributed by atoms with E-state index in [2.05, 4.69) is 5.32 Å². The highest BCUT2D eigenvalue weighted by Gasteiger charge is 2.36. The zero-order valence-corrected chi connectivity index (χ0v) is 14.3. The van der Waals surface area contributed by atoms with Crippen LogP contribution < -0.4 is 5.32 Å². The van der Waals surface area contributed by atoms with E-state index in [0.29, 0.717) is 12.3 Å². The molecule has 7 heteroatoms. The summed E-state index contributed by atoms with van der Waals surface area (Å²) in [7, 11) is 0. The second-order valence-electron chi connectivity index (χ2n) is 6.32. The third-order valence-electron chi connectivity index (χ3n) is 4.59. The Bertz CT molecular complexity index is 814. The number of likely N-dealkylation sites (tertiary alicyclic amines) is 1. The molecule has 1 aliphatic rings. The zero-order valence-electron chi connectivity index (χ0n) is 14.3. The topological polar surface area (TPSA) is 99.8 Å². The van der Waals surface area contributed by atoms with E-state index in [4.69, 9.17) is 9.52 Å². The molecule has 0 bridgehead atoms. The SMILES string of the molecule is C[C@@H](c1ccccc1)N1C[C@H](C(=O)NCc2ccc(C(=O)O)o2)CC1=O. The predicted molar refractivity (Wildman–Crippen MR) is 92.2 cm³/mol. The molecule has 2 aromatic rings. The van der Waals surface area contributed by atoms with Crippen molar-refractivity contribution in [1.29, 1.82) is 0 Å². The van der Waals surface area contributed by atoms with Crippen molar-refractivity contribution in [1.82, 2.24) is 10.2 Å². The van der Waals surface area contributed by atoms with Crippen LogP contribution in [0.5, 0.6) is 0 Å². The molecule has 1 aromatic heterocycles. The number of benzene rings is 1. The van der Waals surface area contributed by atoms with Crippen molar-refractivity contribution in [3.8, 4) is 0 Å². The fourth-order valence-corrected chi connectivity index (χ4v) is 3.10. The van der Waals surface area contributed by atoms with E-state index in [-0.39, 0.29) is 36.6 Å². The van der Waals surface area contributed by atoms with Crippen molar-refractivity contribution in [2.45, 2.75) is 25.9 Å². The molecule has 3 rings (SSSR count). The van der Waals surface area contributed by atoms with Crippen LogP contribution in [0.2, 0.25) is 0 Å². The van der Waals surface area contributed by atoms with Crippen molar-refractivity contribution in [3.63, 3.8) is 0 Å². The monoisotopic (exact) mass is 356 g/mol. The number of aromatic carboxylic acids is 1. The number of carboxylic acid groups (broad SMARTS) is 1. The fourth-order valence-electron chi connectivity index (χ4n) is 3.10. The third kappa shape index (κ3) is 3.77. The van der Waals surface area contributed by atoms with E-state index in [1.54, 1.807) is 4.90 Å². The summed E-state index contributed by atoms with van der Waals surface area (Å²) in [6.45, 7) is 2.40. The van der Waals surface area contributed by atoms with Gasteiger partial charge in [0.25, 0.3) is 0 Å². The van der Waals surface area contributed by atoms with E-state index in [9.17, 15) is 14.4 Å². The standard InChI is InChI=1S/C19H20N2O5/c1-12(13-5-3-2-4-6-13)21-11-14(9-17(21)22)18(23)20-10-15-7-8-16(26-15)19(24)25/h2-8,12,14H,9-11H2,1H3,(H,20,23)(H,24,25)/t12-,14+/m0/s1. The summed E-state index contributed by atoms with van der Waals surface area (Å²) in [6, 6.07) is 12.4. The Kier molecular flexibility index (Phi) is 5.06. The van der Waals surface area contributed by atoms with Crippen molar-refractivity contribution in [2.24, 2.45) is 5.92 Å². The summed E-state index contributed by atoms with van der Waals surface area (Å²) in [5, 5.41) is 11.5. The van der Waals surface area contributed by atoms with Gasteiger partial charge in [-0.15, -0.1) is 0 Å². The molecule has 1 aliphatic heterocycles. The lowest BCUT2D eigenvalue weighted by atomic mass is 10.1. The third-order valence-corrected chi connectivity index (χ3v) is 4.59. The molecule has 1 fully saturated rings. The maximum absolute atomic E-state index is 12.4. The van der Waals surface area contributed by atoms with Gasteiger partial charge in [-0.05, 0) is 24.6 Å². The van der Waals surface area contributed by atoms with Crippen molar-refractivity contribution >= 4 is 17.8 Å². The van der Waals surface area contributed by atoms with Crippen LogP contribution in [0.3, 0.4) is 0 Å². The molecule has 1 aromatic carbocycles. The van der Waals surface area contributed by atoms with Gasteiger partial charge in [-0.1, -0.05) is 30.3 Å². The number of carbonyl (C=O) groups excluding carboxylic acids is 2. The minimum Gasteiger partial charge on any atom is -0.475 e. The lowest BCUT2D eigenvalue weighted by Gasteiger charge is -2.25. The Hall–Kier alpha value is -3.09. The molecule has 2 N–H and O–H groups in total. The summed E-state index contributed by atoms with van der Waals surface area (Å²) in [5.74, 6) is -1.69. The quantitative estimate of drug-likeness (QED) is 0.826. The van der Waals surface area contributed by atoms with Crippen LogP contribution in [0, 0.1) is 5.92 Å². The molecule has 0 unspecified atom stereocenters. The average molecular weight is 356 g/mol. The highest BCUT2D eigenvalue weighted by atomic mass is 16.4. The summed E-state index contributed by atoms with van der Waals surface area (Å²) in [5.41, 5.74) is 1.03. The fraction of sp³-hybridized carbons (Fsp3) is 0.316. The molecule has 2 heterocycles. The number of hydrogen-bond acceptors (Lipinski definition) is 4. The molecule has 26 heavy (non-hydrogen) atoms. The van der Waals surface area contributed by atoms with Gasteiger partial charge in [-0.25, -0.2) is 4.79 Å². The Morgan fingerprint density at radius 1 is 1.27 bits per heavy atom. The van der Waals surface area contributed by atoms with Gasteiger partial charge in [0.1, 0.15) is 5.76 Å². The molecular weight excluding hydrogens is 336 g/mol. The summed E-state index contributed by atoms with van der Waals surface area (Å²) < 4.78 is 5.10. The van der Waals surface area contributed by atoms with Crippen molar-refractivity contribution in [3.05, 3.63) is 59.5 Å². The Morgan fingerprint density at radius 3 is 2.65 bits per heavy atom. The van der Waals surface area contributed by atoms with Gasteiger partial charge in [0, 0.05) is 13.0 Å². The highest BCUT2D eigenvalue weighted by molar-refractivity contribution is 5.89. The number of rotatable bonds is 6. The van der Waals surface area contributed by atoms with Crippen LogP contribution in [0.25, 0.3) is 0 Å². The van der Waals surface area contributed by atoms with Crippen molar-refractivity contribution < 1.29 is 23.9 Å². The van der Waals surface area contributed by atoms with E-state index in [1.807, 2.05) is 37.3 Å². The van der Waals surface area contributed by atoms with E-state index in [1.165, 1.54) is 12.1 Å². The first-order valence-corrected chi connectivity index (χ1v) is 8.40. The molecule has 0 aliphatic carbocycles. The predicted octanol–water partition coefficient (Wildman–Crippen LogP) is 2.20. The van der Waals surface area contributed by atoms with Crippen LogP contribution in [0.15, 0.2) is 46.9 Å². The summed E-state index contributed by atoms with van der Waals surface area (Å²) in [6.07, 6.45) is 0.168. The van der Waals surface area contributed by atoms with Gasteiger partial charge in [0.05, 0.1) is 18.5 Å². The molecule has 7 nitrogen and oxygen atoms in total. The van der Waals surface area contributed by atoms with Crippen LogP contribution >= 0.6 is 0 Å². The van der Waals surface area contributed by atoms with E-state index >= 15 is 0 Å². The normalized spacial score (nSPS) is 18.0. The lowest BCUT2D eigenvalue weighted by Crippen LogP contribution is -2.33. The Labute approximate surface area is 150 Å². The number of carbonyl (C=O) groups is 3. The van der Waals surface area contributed by atoms with Crippen LogP contribution in [0.4, 0.5) is 0 Å². The second-order valence-corrected chi connectivity index (χ2v) is 6.32. The number of hydrogen-bond donors (Lipinski definition) is 2. The van der Waals surface area contributed by atoms with E-state index in [0.717, 1.165) is 5.56 Å². The van der Waals surface area contributed by atoms with Crippen LogP contribution in [0.1, 0.15) is 41.3 Å². The molecule has 1 saturated heterocycles. The summed E-state index contributed by atoms with van der Waals surface area (Å²) >= 11 is 0. The summed E-state index contributed by atoms with van der Waals surface area (Å²) in [4.78, 5) is 37.2. The molecule has 0 radical (unpaired) electrons. The largest absolute Gasteiger partial charge is 0.475 e. The molecule has 2 atom stereocenters. The first kappa shape index (κ1) is 17.7. The first-order chi connectivity index (χ1) is 12.5. The number of amides is 2.